The summed E-state index contributed by atoms with van der Waals surface area (Å²) < 4.78 is 5.56. The van der Waals surface area contributed by atoms with Gasteiger partial charge in [0.2, 0.25) is 5.95 Å². The van der Waals surface area contributed by atoms with Gasteiger partial charge < -0.3 is 19.9 Å². The predicted octanol–water partition coefficient (Wildman–Crippen LogP) is 2.76. The number of hydrogen-bond donors (Lipinski definition) is 1. The highest BCUT2D eigenvalue weighted by Crippen LogP contribution is 2.44. The Morgan fingerprint density at radius 1 is 0.969 bits per heavy atom. The second kappa shape index (κ2) is 8.64. The summed E-state index contributed by atoms with van der Waals surface area (Å²) in [5, 5.41) is 4.93. The summed E-state index contributed by atoms with van der Waals surface area (Å²) in [4.78, 5) is 19.4. The second-order valence-corrected chi connectivity index (χ2v) is 9.13. The second-order valence-electron chi connectivity index (χ2n) is 9.13. The van der Waals surface area contributed by atoms with E-state index in [4.69, 9.17) is 14.7 Å². The first-order valence-electron chi connectivity index (χ1n) is 11.9. The van der Waals surface area contributed by atoms with Crippen LogP contribution in [0, 0.1) is 0 Å². The van der Waals surface area contributed by atoms with Crippen LogP contribution in [0.4, 0.5) is 11.8 Å². The largest absolute Gasteiger partial charge is 0.378 e. The van der Waals surface area contributed by atoms with E-state index in [-0.39, 0.29) is 0 Å². The van der Waals surface area contributed by atoms with Gasteiger partial charge in [-0.1, -0.05) is 30.3 Å². The normalized spacial score (nSPS) is 21.8. The third kappa shape index (κ3) is 4.02. The van der Waals surface area contributed by atoms with E-state index in [0.717, 1.165) is 69.6 Å². The molecule has 7 nitrogen and oxygen atoms in total. The average molecular weight is 431 g/mol. The number of rotatable bonds is 5. The highest BCUT2D eigenvalue weighted by molar-refractivity contribution is 5.93. The van der Waals surface area contributed by atoms with Crippen LogP contribution in [-0.2, 0) is 11.2 Å². The van der Waals surface area contributed by atoms with Gasteiger partial charge in [-0.3, -0.25) is 4.98 Å². The maximum Gasteiger partial charge on any atom is 0.228 e. The van der Waals surface area contributed by atoms with Crippen molar-refractivity contribution in [3.63, 3.8) is 0 Å². The lowest BCUT2D eigenvalue weighted by Gasteiger charge is -2.36. The molecular weight excluding hydrogens is 400 g/mol. The first-order valence-corrected chi connectivity index (χ1v) is 11.9. The first kappa shape index (κ1) is 19.9. The Morgan fingerprint density at radius 3 is 2.62 bits per heavy atom. The molecular formula is C25H30N6O. The van der Waals surface area contributed by atoms with E-state index < -0.39 is 0 Å². The number of pyridine rings is 1. The molecule has 0 spiro atoms. The van der Waals surface area contributed by atoms with Gasteiger partial charge in [0.15, 0.2) is 0 Å². The molecule has 2 aliphatic heterocycles. The van der Waals surface area contributed by atoms with Crippen LogP contribution >= 0.6 is 0 Å². The first-order chi connectivity index (χ1) is 15.8. The van der Waals surface area contributed by atoms with E-state index >= 15 is 0 Å². The van der Waals surface area contributed by atoms with Gasteiger partial charge in [0.25, 0.3) is 0 Å². The Kier molecular flexibility index (Phi) is 5.37. The number of morpholine rings is 1. The van der Waals surface area contributed by atoms with Crippen molar-refractivity contribution in [3.8, 4) is 0 Å². The summed E-state index contributed by atoms with van der Waals surface area (Å²) in [6.07, 6.45) is 7.46. The minimum Gasteiger partial charge on any atom is -0.378 e. The molecule has 1 atom stereocenters. The summed E-state index contributed by atoms with van der Waals surface area (Å²) in [6, 6.07) is 11.2. The number of fused-ring (bicyclic) bond motifs is 1. The molecule has 7 heteroatoms. The van der Waals surface area contributed by atoms with E-state index in [1.54, 1.807) is 0 Å². The number of aromatic nitrogens is 3. The van der Waals surface area contributed by atoms with Crippen LogP contribution in [0.25, 0.3) is 10.9 Å². The summed E-state index contributed by atoms with van der Waals surface area (Å²) in [6.45, 7) is 5.97. The van der Waals surface area contributed by atoms with Gasteiger partial charge in [0, 0.05) is 50.3 Å². The molecule has 6 rings (SSSR count). The number of piperazine rings is 1. The fourth-order valence-electron chi connectivity index (χ4n) is 4.97. The van der Waals surface area contributed by atoms with Gasteiger partial charge in [-0.2, -0.15) is 4.98 Å². The van der Waals surface area contributed by atoms with Gasteiger partial charge in [-0.15, -0.1) is 0 Å². The van der Waals surface area contributed by atoms with Crippen LogP contribution in [0.1, 0.15) is 29.9 Å². The number of anilines is 2. The number of ether oxygens (including phenoxy) is 1. The number of hydrogen-bond acceptors (Lipinski definition) is 7. The van der Waals surface area contributed by atoms with Crippen molar-refractivity contribution in [2.45, 2.75) is 31.2 Å². The van der Waals surface area contributed by atoms with Crippen molar-refractivity contribution < 1.29 is 4.74 Å². The van der Waals surface area contributed by atoms with E-state index in [2.05, 4.69) is 50.4 Å². The Bertz CT molecular complexity index is 1080. The molecule has 3 fully saturated rings. The predicted molar refractivity (Wildman–Crippen MR) is 126 cm³/mol. The molecule has 0 radical (unpaired) electrons. The fourth-order valence-corrected chi connectivity index (χ4v) is 4.97. The van der Waals surface area contributed by atoms with E-state index in [0.29, 0.717) is 12.0 Å². The van der Waals surface area contributed by atoms with Gasteiger partial charge >= 0.3 is 0 Å². The van der Waals surface area contributed by atoms with Gasteiger partial charge in [-0.05, 0) is 36.3 Å². The number of nitrogens with one attached hydrogen (secondary N) is 1. The maximum atomic E-state index is 5.56. The number of nitrogens with zero attached hydrogens (tertiary/aromatic N) is 5. The molecule has 1 saturated carbocycles. The van der Waals surface area contributed by atoms with Crippen LogP contribution in [0.3, 0.4) is 0 Å². The molecule has 1 aromatic carbocycles. The Labute approximate surface area is 188 Å². The summed E-state index contributed by atoms with van der Waals surface area (Å²) in [5.74, 6) is 2.50. The van der Waals surface area contributed by atoms with Crippen molar-refractivity contribution in [1.82, 2.24) is 20.3 Å². The van der Waals surface area contributed by atoms with E-state index in [9.17, 15) is 0 Å². The average Bonchev–Trinajstić information content (AvgIpc) is 3.70. The van der Waals surface area contributed by atoms with Crippen molar-refractivity contribution in [2.75, 3.05) is 55.7 Å². The molecule has 1 unspecified atom stereocenters. The van der Waals surface area contributed by atoms with Crippen molar-refractivity contribution in [2.24, 2.45) is 0 Å². The van der Waals surface area contributed by atoms with Crippen LogP contribution < -0.4 is 15.1 Å². The Hall–Kier alpha value is -2.77. The molecule has 0 bridgehead atoms. The van der Waals surface area contributed by atoms with Crippen LogP contribution in [0.15, 0.2) is 42.7 Å². The minimum atomic E-state index is 0.397. The zero-order valence-electron chi connectivity index (χ0n) is 18.4. The summed E-state index contributed by atoms with van der Waals surface area (Å²) >= 11 is 0. The van der Waals surface area contributed by atoms with Crippen molar-refractivity contribution in [3.05, 3.63) is 53.9 Å². The molecule has 2 saturated heterocycles. The SMILES string of the molecule is c1ccc(CC2CN(c3nc(N4CCOCC4)nc4cncc(C5CC5)c34)CCN2)cc1. The standard InChI is InChI=1S/C25H30N6O/c1-2-4-18(5-3-1)14-20-17-31(9-8-27-20)24-23-21(19-6-7-19)15-26-16-22(23)28-25(29-24)30-10-12-32-13-11-30/h1-5,15-16,19-20,27H,6-14,17H2. The molecule has 2 aromatic heterocycles. The third-order valence-electron chi connectivity index (χ3n) is 6.80. The quantitative estimate of drug-likeness (QED) is 0.668. The summed E-state index contributed by atoms with van der Waals surface area (Å²) in [5.41, 5.74) is 3.67. The highest BCUT2D eigenvalue weighted by Gasteiger charge is 2.31. The lowest BCUT2D eigenvalue weighted by atomic mass is 10.0. The van der Waals surface area contributed by atoms with Gasteiger partial charge in [0.05, 0.1) is 24.9 Å². The molecule has 3 aromatic rings. The molecule has 32 heavy (non-hydrogen) atoms. The van der Waals surface area contributed by atoms with E-state index in [1.807, 2.05) is 12.4 Å². The monoisotopic (exact) mass is 430 g/mol. The summed E-state index contributed by atoms with van der Waals surface area (Å²) in [7, 11) is 0. The smallest absolute Gasteiger partial charge is 0.228 e. The zero-order chi connectivity index (χ0) is 21.3. The molecule has 4 heterocycles. The number of benzene rings is 1. The minimum absolute atomic E-state index is 0.397. The van der Waals surface area contributed by atoms with Crippen LogP contribution in [0.5, 0.6) is 0 Å². The van der Waals surface area contributed by atoms with Crippen molar-refractivity contribution >= 4 is 22.7 Å². The molecule has 0 amide bonds. The Balaban J connectivity index is 1.37. The van der Waals surface area contributed by atoms with Gasteiger partial charge in [0.1, 0.15) is 5.82 Å². The maximum absolute atomic E-state index is 5.56. The van der Waals surface area contributed by atoms with Crippen LogP contribution in [0.2, 0.25) is 0 Å². The lowest BCUT2D eigenvalue weighted by Crippen LogP contribution is -2.52. The topological polar surface area (TPSA) is 66.4 Å². The van der Waals surface area contributed by atoms with Gasteiger partial charge in [-0.25, -0.2) is 4.98 Å². The molecule has 1 N–H and O–H groups in total. The Morgan fingerprint density at radius 2 is 1.81 bits per heavy atom. The lowest BCUT2D eigenvalue weighted by molar-refractivity contribution is 0.122. The molecule has 166 valence electrons. The van der Waals surface area contributed by atoms with Crippen molar-refractivity contribution in [1.29, 1.82) is 0 Å². The van der Waals surface area contributed by atoms with Crippen LogP contribution in [-0.4, -0.2) is 66.9 Å². The fraction of sp³-hybridized carbons (Fsp3) is 0.480. The zero-order valence-corrected chi connectivity index (χ0v) is 18.4. The third-order valence-corrected chi connectivity index (χ3v) is 6.80. The van der Waals surface area contributed by atoms with E-state index in [1.165, 1.54) is 29.4 Å². The molecule has 3 aliphatic rings. The highest BCUT2D eigenvalue weighted by atomic mass is 16.5. The molecule has 1 aliphatic carbocycles.